The van der Waals surface area contributed by atoms with Gasteiger partial charge < -0.3 is 9.84 Å². The zero-order valence-corrected chi connectivity index (χ0v) is 24.1. The maximum Gasteiger partial charge on any atom is 0.302 e. The molecule has 1 aromatic carbocycles. The lowest BCUT2D eigenvalue weighted by Gasteiger charge is -2.64. The van der Waals surface area contributed by atoms with Crippen LogP contribution < -0.4 is 0 Å². The van der Waals surface area contributed by atoms with Crippen LogP contribution in [-0.2, 0) is 21.4 Å². The van der Waals surface area contributed by atoms with Crippen LogP contribution in [0.25, 0.3) is 0 Å². The molecule has 4 rings (SSSR count). The first-order valence-electron chi connectivity index (χ1n) is 14.2. The zero-order chi connectivity index (χ0) is 25.3. The smallest absolute Gasteiger partial charge is 0.302 e. The molecule has 0 aliphatic heterocycles. The van der Waals surface area contributed by atoms with E-state index in [1.807, 2.05) is 12.1 Å². The van der Waals surface area contributed by atoms with Crippen molar-refractivity contribution in [2.24, 2.45) is 22.7 Å². The van der Waals surface area contributed by atoms with E-state index in [9.17, 15) is 9.90 Å². The predicted octanol–water partition coefficient (Wildman–Crippen LogP) is 8.49. The molecule has 1 aromatic rings. The molecule has 35 heavy (non-hydrogen) atoms. The third kappa shape index (κ3) is 4.94. The summed E-state index contributed by atoms with van der Waals surface area (Å²) in [4.78, 5) is 12.0. The third-order valence-corrected chi connectivity index (χ3v) is 11.2. The number of carbonyl (C=O) groups is 1. The van der Waals surface area contributed by atoms with Gasteiger partial charge in [-0.2, -0.15) is 0 Å². The number of ether oxygens (including phenoxy) is 1. The van der Waals surface area contributed by atoms with Crippen LogP contribution in [0.2, 0.25) is 0 Å². The molecule has 0 bridgehead atoms. The summed E-state index contributed by atoms with van der Waals surface area (Å²) in [6, 6.07) is 6.15. The molecule has 3 aliphatic carbocycles. The molecule has 2 saturated carbocycles. The van der Waals surface area contributed by atoms with E-state index in [-0.39, 0.29) is 28.3 Å². The molecular formula is C31H47BrO3. The second-order valence-corrected chi connectivity index (χ2v) is 13.4. The molecule has 0 aromatic heterocycles. The minimum atomic E-state index is -0.133. The van der Waals surface area contributed by atoms with Crippen molar-refractivity contribution in [1.29, 1.82) is 0 Å². The van der Waals surface area contributed by atoms with Crippen LogP contribution in [0.5, 0.6) is 5.75 Å². The largest absolute Gasteiger partial charge is 0.508 e. The molecule has 0 heterocycles. The van der Waals surface area contributed by atoms with Crippen molar-refractivity contribution in [3.8, 4) is 5.75 Å². The lowest BCUT2D eigenvalue weighted by Crippen LogP contribution is -2.60. The van der Waals surface area contributed by atoms with Gasteiger partial charge in [-0.05, 0) is 90.9 Å². The number of benzene rings is 1. The topological polar surface area (TPSA) is 46.5 Å². The SMILES string of the molecule is CC(=O)O[C@@H]1CC[C@@]2(C)[C@@H]3[C@H](CCCCCCCCCBr)Cc4cc(O)ccc4[C@@]3(C)CC[C@]12C. The molecular weight excluding hydrogens is 500 g/mol. The van der Waals surface area contributed by atoms with Crippen molar-refractivity contribution in [3.05, 3.63) is 29.3 Å². The minimum absolute atomic E-state index is 0.0327. The highest BCUT2D eigenvalue weighted by molar-refractivity contribution is 9.09. The van der Waals surface area contributed by atoms with E-state index >= 15 is 0 Å². The summed E-state index contributed by atoms with van der Waals surface area (Å²) in [6.45, 7) is 9.02. The molecule has 0 radical (unpaired) electrons. The first-order chi connectivity index (χ1) is 16.7. The van der Waals surface area contributed by atoms with Crippen LogP contribution in [-0.4, -0.2) is 22.5 Å². The van der Waals surface area contributed by atoms with E-state index < -0.39 is 0 Å². The van der Waals surface area contributed by atoms with Crippen molar-refractivity contribution >= 4 is 21.9 Å². The van der Waals surface area contributed by atoms with Gasteiger partial charge >= 0.3 is 5.97 Å². The molecule has 0 amide bonds. The van der Waals surface area contributed by atoms with E-state index in [1.165, 1.54) is 62.5 Å². The van der Waals surface area contributed by atoms with Gasteiger partial charge in [-0.25, -0.2) is 0 Å². The number of esters is 1. The number of halogens is 1. The van der Waals surface area contributed by atoms with Gasteiger partial charge in [0.1, 0.15) is 11.9 Å². The summed E-state index contributed by atoms with van der Waals surface area (Å²) in [5.74, 6) is 1.45. The standard InChI is InChI=1S/C31H47BrO3/c1-22(33)35-27-15-16-31(4)28-23(12-10-8-6-5-7-9-11-19-32)20-24-21-25(34)13-14-26(24)29(28,2)17-18-30(27,31)3/h13-14,21,23,27-28,34H,5-12,15-20H2,1-4H3/t23-,27-,28-,29-,30-,31+/m1/s1. The molecule has 1 N–H and O–H groups in total. The lowest BCUT2D eigenvalue weighted by molar-refractivity contribution is -0.167. The Hall–Kier alpha value is -1.03. The Morgan fingerprint density at radius 3 is 2.37 bits per heavy atom. The number of hydrogen-bond acceptors (Lipinski definition) is 3. The number of fused-ring (bicyclic) bond motifs is 5. The average molecular weight is 548 g/mol. The van der Waals surface area contributed by atoms with Gasteiger partial charge in [-0.1, -0.05) is 81.3 Å². The number of hydrogen-bond donors (Lipinski definition) is 1. The molecule has 0 unspecified atom stereocenters. The molecule has 0 spiro atoms. The van der Waals surface area contributed by atoms with Crippen molar-refractivity contribution in [2.45, 2.75) is 123 Å². The van der Waals surface area contributed by atoms with Gasteiger partial charge in [0.2, 0.25) is 0 Å². The fourth-order valence-corrected chi connectivity index (χ4v) is 9.23. The molecule has 3 aliphatic rings. The van der Waals surface area contributed by atoms with Crippen molar-refractivity contribution in [3.63, 3.8) is 0 Å². The normalized spacial score (nSPS) is 35.7. The number of phenolic OH excluding ortho intramolecular Hbond substituents is 1. The van der Waals surface area contributed by atoms with Gasteiger partial charge in [0.15, 0.2) is 0 Å². The maximum atomic E-state index is 12.0. The molecule has 4 heteroatoms. The number of alkyl halides is 1. The van der Waals surface area contributed by atoms with Crippen molar-refractivity contribution in [1.82, 2.24) is 0 Å². The highest BCUT2D eigenvalue weighted by Gasteiger charge is 2.67. The Labute approximate surface area is 221 Å². The average Bonchev–Trinajstić information content (AvgIpc) is 3.05. The van der Waals surface area contributed by atoms with E-state index in [1.54, 1.807) is 6.92 Å². The van der Waals surface area contributed by atoms with Gasteiger partial charge in [0.25, 0.3) is 0 Å². The Kier molecular flexibility index (Phi) is 8.30. The number of carbonyl (C=O) groups excluding carboxylic acids is 1. The Morgan fingerprint density at radius 2 is 1.69 bits per heavy atom. The fraction of sp³-hybridized carbons (Fsp3) is 0.774. The highest BCUT2D eigenvalue weighted by atomic mass is 79.9. The minimum Gasteiger partial charge on any atom is -0.508 e. The van der Waals surface area contributed by atoms with Gasteiger partial charge in [0.05, 0.1) is 0 Å². The second-order valence-electron chi connectivity index (χ2n) is 12.6. The van der Waals surface area contributed by atoms with Gasteiger partial charge in [0, 0.05) is 17.7 Å². The molecule has 3 nitrogen and oxygen atoms in total. The monoisotopic (exact) mass is 546 g/mol. The second kappa shape index (κ2) is 10.8. The lowest BCUT2D eigenvalue weighted by atomic mass is 9.40. The van der Waals surface area contributed by atoms with E-state index in [2.05, 4.69) is 42.8 Å². The number of aromatic hydroxyl groups is 1. The van der Waals surface area contributed by atoms with Crippen LogP contribution in [0.4, 0.5) is 0 Å². The van der Waals surface area contributed by atoms with Crippen molar-refractivity contribution < 1.29 is 14.6 Å². The van der Waals surface area contributed by atoms with E-state index in [0.29, 0.717) is 17.6 Å². The summed E-state index contributed by atoms with van der Waals surface area (Å²) in [5, 5.41) is 11.4. The van der Waals surface area contributed by atoms with Crippen LogP contribution >= 0.6 is 15.9 Å². The number of unbranched alkanes of at least 4 members (excludes halogenated alkanes) is 6. The number of rotatable bonds is 10. The summed E-state index contributed by atoms with van der Waals surface area (Å²) in [5.41, 5.74) is 3.12. The first kappa shape index (κ1) is 27.0. The predicted molar refractivity (Wildman–Crippen MR) is 147 cm³/mol. The number of phenols is 1. The summed E-state index contributed by atoms with van der Waals surface area (Å²) >= 11 is 3.54. The van der Waals surface area contributed by atoms with Crippen LogP contribution in [0.15, 0.2) is 18.2 Å². The van der Waals surface area contributed by atoms with Crippen molar-refractivity contribution in [2.75, 3.05) is 5.33 Å². The summed E-state index contributed by atoms with van der Waals surface area (Å²) in [6.07, 6.45) is 16.0. The third-order valence-electron chi connectivity index (χ3n) is 10.7. The van der Waals surface area contributed by atoms with E-state index in [0.717, 1.165) is 37.4 Å². The van der Waals surface area contributed by atoms with Crippen LogP contribution in [0.3, 0.4) is 0 Å². The van der Waals surface area contributed by atoms with Crippen LogP contribution in [0, 0.1) is 22.7 Å². The molecule has 196 valence electrons. The molecule has 0 saturated heterocycles. The Balaban J connectivity index is 1.57. The molecule has 2 fully saturated rings. The highest BCUT2D eigenvalue weighted by Crippen LogP contribution is 2.71. The summed E-state index contributed by atoms with van der Waals surface area (Å²) < 4.78 is 5.96. The van der Waals surface area contributed by atoms with Crippen LogP contribution in [0.1, 0.15) is 116 Å². The Morgan fingerprint density at radius 1 is 1.00 bits per heavy atom. The first-order valence-corrected chi connectivity index (χ1v) is 15.3. The fourth-order valence-electron chi connectivity index (χ4n) is 8.83. The molecule has 6 atom stereocenters. The quantitative estimate of drug-likeness (QED) is 0.182. The van der Waals surface area contributed by atoms with Gasteiger partial charge in [-0.15, -0.1) is 0 Å². The van der Waals surface area contributed by atoms with Gasteiger partial charge in [-0.3, -0.25) is 4.79 Å². The maximum absolute atomic E-state index is 12.0. The Bertz CT molecular complexity index is 899. The van der Waals surface area contributed by atoms with E-state index in [4.69, 9.17) is 4.74 Å². The zero-order valence-electron chi connectivity index (χ0n) is 22.5. The summed E-state index contributed by atoms with van der Waals surface area (Å²) in [7, 11) is 0.